The molecule has 0 aliphatic rings. The highest BCUT2D eigenvalue weighted by molar-refractivity contribution is 5.19. The second-order valence-corrected chi connectivity index (χ2v) is 7.65. The van der Waals surface area contributed by atoms with Crippen LogP contribution < -0.4 is 0 Å². The van der Waals surface area contributed by atoms with Crippen LogP contribution in [0, 0.1) is 0 Å². The molecule has 0 spiro atoms. The first-order chi connectivity index (χ1) is 11.2. The molecule has 148 valence electrons. The zero-order chi connectivity index (χ0) is 18.3. The number of hydrogen-bond donors (Lipinski definition) is 0. The molecule has 2 heterocycles. The minimum absolute atomic E-state index is 0. The zero-order valence-electron chi connectivity index (χ0n) is 16.7. The Morgan fingerprint density at radius 2 is 0.808 bits per heavy atom. The highest BCUT2D eigenvalue weighted by atomic mass is 14.7. The summed E-state index contributed by atoms with van der Waals surface area (Å²) in [6.45, 7) is 17.4. The molecule has 0 N–H and O–H groups in total. The molecule has 2 rings (SSSR count). The van der Waals surface area contributed by atoms with Gasteiger partial charge >= 0.3 is 0 Å². The lowest BCUT2D eigenvalue weighted by molar-refractivity contribution is 0.802. The van der Waals surface area contributed by atoms with Crippen LogP contribution in [0.5, 0.6) is 0 Å². The number of pyridine rings is 2. The molecule has 0 aliphatic heterocycles. The van der Waals surface area contributed by atoms with Gasteiger partial charge in [0, 0.05) is 23.8 Å². The Hall–Kier alpha value is -1.70. The van der Waals surface area contributed by atoms with Gasteiger partial charge in [-0.25, -0.2) is 0 Å². The van der Waals surface area contributed by atoms with E-state index < -0.39 is 0 Å². The standard InChI is InChI=1S/2C11H17N.2CH4/c2*1-8(2)10-5-6-11(9(3)4)12-7-10;;/h2*5-9H,1-4H3;2*1H4. The molecule has 0 amide bonds. The van der Waals surface area contributed by atoms with Gasteiger partial charge in [-0.15, -0.1) is 0 Å². The van der Waals surface area contributed by atoms with Gasteiger partial charge in [0.15, 0.2) is 0 Å². The molecule has 0 radical (unpaired) electrons. The summed E-state index contributed by atoms with van der Waals surface area (Å²) in [4.78, 5) is 8.80. The molecule has 0 atom stereocenters. The molecular weight excluding hydrogens is 316 g/mol. The lowest BCUT2D eigenvalue weighted by Gasteiger charge is -2.07. The van der Waals surface area contributed by atoms with Crippen LogP contribution in [0.15, 0.2) is 36.7 Å². The minimum Gasteiger partial charge on any atom is -0.261 e. The van der Waals surface area contributed by atoms with E-state index >= 15 is 0 Å². The van der Waals surface area contributed by atoms with Gasteiger partial charge in [0.25, 0.3) is 0 Å². The monoisotopic (exact) mass is 358 g/mol. The Balaban J connectivity index is 0. The van der Waals surface area contributed by atoms with E-state index in [0.29, 0.717) is 23.7 Å². The average molecular weight is 359 g/mol. The molecule has 2 heteroatoms. The molecule has 2 aromatic heterocycles. The predicted molar refractivity (Wildman–Crippen MR) is 118 cm³/mol. The lowest BCUT2D eigenvalue weighted by atomic mass is 10.0. The van der Waals surface area contributed by atoms with Crippen molar-refractivity contribution in [3.05, 3.63) is 59.2 Å². The van der Waals surface area contributed by atoms with Gasteiger partial charge in [-0.05, 0) is 46.9 Å². The van der Waals surface area contributed by atoms with E-state index in [1.54, 1.807) is 0 Å². The highest BCUT2D eigenvalue weighted by Crippen LogP contribution is 2.17. The van der Waals surface area contributed by atoms with Crippen molar-refractivity contribution in [2.45, 2.75) is 93.9 Å². The molecule has 0 fully saturated rings. The van der Waals surface area contributed by atoms with Crippen molar-refractivity contribution in [1.29, 1.82) is 0 Å². The first-order valence-electron chi connectivity index (χ1n) is 9.14. The van der Waals surface area contributed by atoms with Gasteiger partial charge in [0.1, 0.15) is 0 Å². The quantitative estimate of drug-likeness (QED) is 0.554. The van der Waals surface area contributed by atoms with Crippen LogP contribution in [0.4, 0.5) is 0 Å². The van der Waals surface area contributed by atoms with Gasteiger partial charge in [0.05, 0.1) is 0 Å². The van der Waals surface area contributed by atoms with Gasteiger partial charge in [-0.3, -0.25) is 9.97 Å². The molecule has 0 aromatic carbocycles. The van der Waals surface area contributed by atoms with E-state index in [-0.39, 0.29) is 14.9 Å². The largest absolute Gasteiger partial charge is 0.261 e. The van der Waals surface area contributed by atoms with Crippen LogP contribution in [0.2, 0.25) is 0 Å². The maximum Gasteiger partial charge on any atom is 0.0429 e. The third-order valence-electron chi connectivity index (χ3n) is 4.13. The van der Waals surface area contributed by atoms with Crippen LogP contribution in [-0.2, 0) is 0 Å². The van der Waals surface area contributed by atoms with E-state index in [0.717, 1.165) is 0 Å². The fourth-order valence-electron chi connectivity index (χ4n) is 2.20. The summed E-state index contributed by atoms with van der Waals surface area (Å²) in [6.07, 6.45) is 3.97. The Bertz CT molecular complexity index is 469. The maximum absolute atomic E-state index is 4.40. The Morgan fingerprint density at radius 1 is 0.500 bits per heavy atom. The van der Waals surface area contributed by atoms with E-state index in [1.807, 2.05) is 12.4 Å². The van der Waals surface area contributed by atoms with Crippen LogP contribution in [0.3, 0.4) is 0 Å². The van der Waals surface area contributed by atoms with E-state index in [1.165, 1.54) is 22.5 Å². The summed E-state index contributed by atoms with van der Waals surface area (Å²) in [5.41, 5.74) is 5.00. The molecule has 0 saturated carbocycles. The fraction of sp³-hybridized carbons (Fsp3) is 0.583. The Kier molecular flexibility index (Phi) is 12.9. The van der Waals surface area contributed by atoms with Crippen LogP contribution >= 0.6 is 0 Å². The van der Waals surface area contributed by atoms with Crippen molar-refractivity contribution in [1.82, 2.24) is 9.97 Å². The van der Waals surface area contributed by atoms with Gasteiger partial charge in [-0.2, -0.15) is 0 Å². The highest BCUT2D eigenvalue weighted by Gasteiger charge is 2.03. The molecule has 2 aromatic rings. The lowest BCUT2D eigenvalue weighted by Crippen LogP contribution is -1.94. The summed E-state index contributed by atoms with van der Waals surface area (Å²) in [7, 11) is 0. The number of nitrogens with zero attached hydrogens (tertiary/aromatic N) is 2. The second-order valence-electron chi connectivity index (χ2n) is 7.65. The van der Waals surface area contributed by atoms with E-state index in [9.17, 15) is 0 Å². The Labute approximate surface area is 163 Å². The molecule has 0 saturated heterocycles. The molecule has 0 bridgehead atoms. The predicted octanol–water partition coefficient (Wildman–Crippen LogP) is 7.93. The molecule has 26 heavy (non-hydrogen) atoms. The van der Waals surface area contributed by atoms with Crippen molar-refractivity contribution >= 4 is 0 Å². The average Bonchev–Trinajstić information content (AvgIpc) is 2.55. The second kappa shape index (κ2) is 12.6. The third-order valence-corrected chi connectivity index (χ3v) is 4.13. The molecular formula is C24H42N2. The summed E-state index contributed by atoms with van der Waals surface area (Å²) in [5, 5.41) is 0. The SMILES string of the molecule is C.C.CC(C)c1ccc(C(C)C)nc1.CC(C)c1ccc(C(C)C)nc1. The Morgan fingerprint density at radius 3 is 0.962 bits per heavy atom. The summed E-state index contributed by atoms with van der Waals surface area (Å²) < 4.78 is 0. The van der Waals surface area contributed by atoms with Gasteiger partial charge < -0.3 is 0 Å². The number of hydrogen-bond acceptors (Lipinski definition) is 2. The van der Waals surface area contributed by atoms with Crippen LogP contribution in [0.25, 0.3) is 0 Å². The summed E-state index contributed by atoms with van der Waals surface area (Å²) in [6, 6.07) is 8.60. The van der Waals surface area contributed by atoms with Gasteiger partial charge in [0.2, 0.25) is 0 Å². The van der Waals surface area contributed by atoms with Gasteiger partial charge in [-0.1, -0.05) is 82.4 Å². The number of rotatable bonds is 4. The van der Waals surface area contributed by atoms with Crippen molar-refractivity contribution in [2.75, 3.05) is 0 Å². The zero-order valence-corrected chi connectivity index (χ0v) is 16.7. The summed E-state index contributed by atoms with van der Waals surface area (Å²) in [5.74, 6) is 2.23. The first kappa shape index (κ1) is 26.5. The fourth-order valence-corrected chi connectivity index (χ4v) is 2.20. The van der Waals surface area contributed by atoms with Crippen molar-refractivity contribution < 1.29 is 0 Å². The van der Waals surface area contributed by atoms with Crippen molar-refractivity contribution in [3.63, 3.8) is 0 Å². The third kappa shape index (κ3) is 8.60. The maximum atomic E-state index is 4.40. The normalized spacial score (nSPS) is 10.3. The minimum atomic E-state index is 0. The van der Waals surface area contributed by atoms with Crippen LogP contribution in [0.1, 0.15) is 116 Å². The van der Waals surface area contributed by atoms with Crippen molar-refractivity contribution in [2.24, 2.45) is 0 Å². The number of aromatic nitrogens is 2. The first-order valence-corrected chi connectivity index (χ1v) is 9.14. The van der Waals surface area contributed by atoms with Crippen LogP contribution in [-0.4, -0.2) is 9.97 Å². The molecule has 0 unspecified atom stereocenters. The van der Waals surface area contributed by atoms with Crippen molar-refractivity contribution in [3.8, 4) is 0 Å². The topological polar surface area (TPSA) is 25.8 Å². The molecule has 0 aliphatic carbocycles. The molecule has 2 nitrogen and oxygen atoms in total. The van der Waals surface area contributed by atoms with E-state index in [2.05, 4.69) is 89.6 Å². The smallest absolute Gasteiger partial charge is 0.0429 e. The van der Waals surface area contributed by atoms with E-state index in [4.69, 9.17) is 0 Å². The summed E-state index contributed by atoms with van der Waals surface area (Å²) >= 11 is 0.